The van der Waals surface area contributed by atoms with Gasteiger partial charge in [0, 0.05) is 0 Å². The first-order valence-corrected chi connectivity index (χ1v) is 6.22. The van der Waals surface area contributed by atoms with Crippen molar-refractivity contribution in [3.8, 4) is 11.5 Å². The van der Waals surface area contributed by atoms with Gasteiger partial charge in [-0.15, -0.1) is 0 Å². The van der Waals surface area contributed by atoms with E-state index in [-0.39, 0.29) is 11.6 Å². The molecule has 0 saturated heterocycles. The highest BCUT2D eigenvalue weighted by molar-refractivity contribution is 6.30. The monoisotopic (exact) mass is 294 g/mol. The molecule has 104 valence electrons. The summed E-state index contributed by atoms with van der Waals surface area (Å²) in [7, 11) is 1.49. The van der Waals surface area contributed by atoms with Gasteiger partial charge in [0.1, 0.15) is 12.4 Å². The van der Waals surface area contributed by atoms with Crippen LogP contribution in [0.5, 0.6) is 11.5 Å². The molecule has 0 aliphatic heterocycles. The average Bonchev–Trinajstić information content (AvgIpc) is 2.48. The van der Waals surface area contributed by atoms with Gasteiger partial charge in [-0.05, 0) is 29.8 Å². The number of para-hydroxylation sites is 1. The maximum atomic E-state index is 13.1. The summed E-state index contributed by atoms with van der Waals surface area (Å²) in [6, 6.07) is 9.33. The van der Waals surface area contributed by atoms with Gasteiger partial charge in [-0.3, -0.25) is 4.79 Å². The van der Waals surface area contributed by atoms with Crippen molar-refractivity contribution >= 4 is 17.9 Å². The average molecular weight is 295 g/mol. The third-order valence-corrected chi connectivity index (χ3v) is 3.01. The molecule has 0 saturated carbocycles. The lowest BCUT2D eigenvalue weighted by atomic mass is 10.2. The summed E-state index contributed by atoms with van der Waals surface area (Å²) in [4.78, 5) is 11.0. The summed E-state index contributed by atoms with van der Waals surface area (Å²) in [5.74, 6) is 0.328. The van der Waals surface area contributed by atoms with Crippen LogP contribution in [0, 0.1) is 5.82 Å². The minimum absolute atomic E-state index is 0.0294. The zero-order valence-electron chi connectivity index (χ0n) is 10.7. The van der Waals surface area contributed by atoms with E-state index in [0.29, 0.717) is 28.9 Å². The van der Waals surface area contributed by atoms with Gasteiger partial charge in [-0.2, -0.15) is 0 Å². The zero-order chi connectivity index (χ0) is 14.5. The van der Waals surface area contributed by atoms with Crippen LogP contribution in [0.1, 0.15) is 15.9 Å². The first-order chi connectivity index (χ1) is 9.65. The Morgan fingerprint density at radius 1 is 1.30 bits per heavy atom. The van der Waals surface area contributed by atoms with Crippen LogP contribution in [0.3, 0.4) is 0 Å². The largest absolute Gasteiger partial charge is 0.493 e. The number of rotatable bonds is 5. The van der Waals surface area contributed by atoms with Gasteiger partial charge < -0.3 is 9.47 Å². The lowest BCUT2D eigenvalue weighted by molar-refractivity contribution is 0.111. The molecule has 0 N–H and O–H groups in total. The molecule has 0 radical (unpaired) electrons. The van der Waals surface area contributed by atoms with Gasteiger partial charge in [0.15, 0.2) is 17.8 Å². The SMILES string of the molecule is COc1cccc(C=O)c1OCc1ccc(F)c(Cl)c1. The molecule has 2 aromatic carbocycles. The predicted octanol–water partition coefficient (Wildman–Crippen LogP) is 3.88. The Bertz CT molecular complexity index is 629. The summed E-state index contributed by atoms with van der Waals surface area (Å²) < 4.78 is 23.8. The second-order valence-electron chi connectivity index (χ2n) is 4.03. The van der Waals surface area contributed by atoms with E-state index in [0.717, 1.165) is 0 Å². The van der Waals surface area contributed by atoms with E-state index in [1.165, 1.54) is 19.2 Å². The second kappa shape index (κ2) is 6.39. The molecule has 0 amide bonds. The van der Waals surface area contributed by atoms with Crippen molar-refractivity contribution in [1.82, 2.24) is 0 Å². The van der Waals surface area contributed by atoms with E-state index < -0.39 is 5.82 Å². The standard InChI is InChI=1S/C15H12ClFO3/c1-19-14-4-2-3-11(8-18)15(14)20-9-10-5-6-13(17)12(16)7-10/h2-8H,9H2,1H3. The number of carbonyl (C=O) groups is 1. The molecule has 0 aliphatic rings. The summed E-state index contributed by atoms with van der Waals surface area (Å²) in [6.45, 7) is 0.154. The molecule has 0 heterocycles. The van der Waals surface area contributed by atoms with Gasteiger partial charge in [-0.25, -0.2) is 4.39 Å². The number of hydrogen-bond donors (Lipinski definition) is 0. The maximum absolute atomic E-state index is 13.1. The summed E-state index contributed by atoms with van der Waals surface area (Å²) in [5.41, 5.74) is 1.08. The third kappa shape index (κ3) is 3.08. The van der Waals surface area contributed by atoms with Crippen molar-refractivity contribution in [1.29, 1.82) is 0 Å². The van der Waals surface area contributed by atoms with Crippen LogP contribution in [0.2, 0.25) is 5.02 Å². The Labute approximate surface area is 120 Å². The summed E-state index contributed by atoms with van der Waals surface area (Å²) in [6.07, 6.45) is 0.690. The van der Waals surface area contributed by atoms with Crippen molar-refractivity contribution in [2.75, 3.05) is 7.11 Å². The summed E-state index contributed by atoms with van der Waals surface area (Å²) in [5, 5.41) is 0.0294. The Hall–Kier alpha value is -2.07. The van der Waals surface area contributed by atoms with E-state index in [9.17, 15) is 9.18 Å². The quantitative estimate of drug-likeness (QED) is 0.785. The van der Waals surface area contributed by atoms with Crippen LogP contribution in [-0.2, 0) is 6.61 Å². The molecule has 3 nitrogen and oxygen atoms in total. The number of halogens is 2. The fourth-order valence-corrected chi connectivity index (χ4v) is 1.93. The van der Waals surface area contributed by atoms with Gasteiger partial charge >= 0.3 is 0 Å². The lowest BCUT2D eigenvalue weighted by Gasteiger charge is -2.12. The Morgan fingerprint density at radius 3 is 2.75 bits per heavy atom. The second-order valence-corrected chi connectivity index (χ2v) is 4.44. The van der Waals surface area contributed by atoms with E-state index in [4.69, 9.17) is 21.1 Å². The van der Waals surface area contributed by atoms with Crippen molar-refractivity contribution in [3.05, 3.63) is 58.4 Å². The first-order valence-electron chi connectivity index (χ1n) is 5.84. The van der Waals surface area contributed by atoms with Crippen molar-refractivity contribution in [3.63, 3.8) is 0 Å². The number of hydrogen-bond acceptors (Lipinski definition) is 3. The topological polar surface area (TPSA) is 35.5 Å². The number of aldehydes is 1. The van der Waals surface area contributed by atoms with Gasteiger partial charge in [0.2, 0.25) is 0 Å². The number of ether oxygens (including phenoxy) is 2. The fraction of sp³-hybridized carbons (Fsp3) is 0.133. The smallest absolute Gasteiger partial charge is 0.172 e. The fourth-order valence-electron chi connectivity index (χ4n) is 1.73. The van der Waals surface area contributed by atoms with E-state index >= 15 is 0 Å². The van der Waals surface area contributed by atoms with Crippen LogP contribution < -0.4 is 9.47 Å². The minimum Gasteiger partial charge on any atom is -0.493 e. The van der Waals surface area contributed by atoms with E-state index in [2.05, 4.69) is 0 Å². The molecule has 2 aromatic rings. The summed E-state index contributed by atoms with van der Waals surface area (Å²) >= 11 is 5.70. The van der Waals surface area contributed by atoms with E-state index in [1.54, 1.807) is 24.3 Å². The number of carbonyl (C=O) groups excluding carboxylic acids is 1. The van der Waals surface area contributed by atoms with Crippen molar-refractivity contribution in [2.24, 2.45) is 0 Å². The number of benzene rings is 2. The molecule has 5 heteroatoms. The third-order valence-electron chi connectivity index (χ3n) is 2.72. The van der Waals surface area contributed by atoms with Gasteiger partial charge in [0.25, 0.3) is 0 Å². The first kappa shape index (κ1) is 14.3. The molecule has 2 rings (SSSR count). The molecule has 20 heavy (non-hydrogen) atoms. The molecule has 0 spiro atoms. The van der Waals surface area contributed by atoms with Gasteiger partial charge in [-0.1, -0.05) is 23.7 Å². The highest BCUT2D eigenvalue weighted by atomic mass is 35.5. The predicted molar refractivity (Wildman–Crippen MR) is 74.1 cm³/mol. The molecule has 0 aromatic heterocycles. The Balaban J connectivity index is 2.21. The highest BCUT2D eigenvalue weighted by Gasteiger charge is 2.10. The molecule has 0 bridgehead atoms. The molecule has 0 unspecified atom stereocenters. The highest BCUT2D eigenvalue weighted by Crippen LogP contribution is 2.31. The van der Waals surface area contributed by atoms with Crippen LogP contribution in [0.15, 0.2) is 36.4 Å². The molecular formula is C15H12ClFO3. The molecule has 0 atom stereocenters. The van der Waals surface area contributed by atoms with Crippen LogP contribution in [0.25, 0.3) is 0 Å². The van der Waals surface area contributed by atoms with Crippen LogP contribution in [0.4, 0.5) is 4.39 Å². The minimum atomic E-state index is -0.485. The lowest BCUT2D eigenvalue weighted by Crippen LogP contribution is -2.01. The van der Waals surface area contributed by atoms with E-state index in [1.807, 2.05) is 0 Å². The molecule has 0 fully saturated rings. The van der Waals surface area contributed by atoms with Crippen molar-refractivity contribution < 1.29 is 18.7 Å². The number of methoxy groups -OCH3 is 1. The van der Waals surface area contributed by atoms with Crippen LogP contribution in [-0.4, -0.2) is 13.4 Å². The maximum Gasteiger partial charge on any atom is 0.172 e. The molecule has 0 aliphatic carbocycles. The normalized spacial score (nSPS) is 10.2. The van der Waals surface area contributed by atoms with Gasteiger partial charge in [0.05, 0.1) is 17.7 Å². The van der Waals surface area contributed by atoms with Crippen LogP contribution >= 0.6 is 11.6 Å². The Kier molecular flexibility index (Phi) is 4.58. The van der Waals surface area contributed by atoms with Crippen molar-refractivity contribution in [2.45, 2.75) is 6.61 Å². The zero-order valence-corrected chi connectivity index (χ0v) is 11.5. The Morgan fingerprint density at radius 2 is 2.10 bits per heavy atom. The molecular weight excluding hydrogens is 283 g/mol.